The third kappa shape index (κ3) is 3.70. The molecule has 1 N–H and O–H groups in total. The summed E-state index contributed by atoms with van der Waals surface area (Å²) in [6.45, 7) is 7.45. The second-order valence-electron chi connectivity index (χ2n) is 6.22. The number of amides is 1. The maximum Gasteiger partial charge on any atom is 0.287 e. The predicted molar refractivity (Wildman–Crippen MR) is 97.1 cm³/mol. The van der Waals surface area contributed by atoms with Crippen LogP contribution in [0.2, 0.25) is 0 Å². The molecule has 24 heavy (non-hydrogen) atoms. The Labute approximate surface area is 149 Å². The molecule has 6 heteroatoms. The molecule has 3 rings (SSSR count). The molecule has 5 nitrogen and oxygen atoms in total. The number of nitrogens with zero attached hydrogens (tertiary/aromatic N) is 2. The molecule has 0 radical (unpaired) electrons. The third-order valence-corrected chi connectivity index (χ3v) is 4.39. The van der Waals surface area contributed by atoms with E-state index in [4.69, 9.17) is 4.42 Å². The molecule has 0 saturated carbocycles. The van der Waals surface area contributed by atoms with Crippen LogP contribution in [0.3, 0.4) is 0 Å². The summed E-state index contributed by atoms with van der Waals surface area (Å²) >= 11 is 3.42. The Kier molecular flexibility index (Phi) is 4.76. The highest BCUT2D eigenvalue weighted by molar-refractivity contribution is 9.10. The summed E-state index contributed by atoms with van der Waals surface area (Å²) < 4.78 is 8.54. The van der Waals surface area contributed by atoms with Gasteiger partial charge in [-0.1, -0.05) is 22.9 Å². The Morgan fingerprint density at radius 3 is 2.83 bits per heavy atom. The highest BCUT2D eigenvalue weighted by Crippen LogP contribution is 2.23. The molecule has 0 bridgehead atoms. The molecule has 0 fully saturated rings. The summed E-state index contributed by atoms with van der Waals surface area (Å²) in [5, 5.41) is 8.30. The molecular weight excluding hydrogens is 370 g/mol. The molecule has 1 aromatic carbocycles. The smallest absolute Gasteiger partial charge is 0.287 e. The number of nitrogens with one attached hydrogen (secondary N) is 1. The largest absolute Gasteiger partial charge is 0.451 e. The summed E-state index contributed by atoms with van der Waals surface area (Å²) in [6.07, 6.45) is 0. The number of aryl methyl sites for hydroxylation is 2. The van der Waals surface area contributed by atoms with Crippen molar-refractivity contribution in [1.82, 2.24) is 15.1 Å². The van der Waals surface area contributed by atoms with Crippen LogP contribution in [0, 0.1) is 19.8 Å². The van der Waals surface area contributed by atoms with E-state index in [2.05, 4.69) is 39.3 Å². The second-order valence-corrected chi connectivity index (χ2v) is 7.13. The number of carbonyl (C=O) groups is 1. The lowest BCUT2D eigenvalue weighted by Gasteiger charge is -2.13. The molecule has 1 atom stereocenters. The fraction of sp³-hybridized carbons (Fsp3) is 0.333. The summed E-state index contributed by atoms with van der Waals surface area (Å²) in [6, 6.07) is 9.49. The third-order valence-electron chi connectivity index (χ3n) is 3.90. The fourth-order valence-electron chi connectivity index (χ4n) is 2.70. The summed E-state index contributed by atoms with van der Waals surface area (Å²) in [4.78, 5) is 12.3. The van der Waals surface area contributed by atoms with Gasteiger partial charge in [0.2, 0.25) is 0 Å². The van der Waals surface area contributed by atoms with Crippen LogP contribution in [0.25, 0.3) is 11.0 Å². The van der Waals surface area contributed by atoms with E-state index in [-0.39, 0.29) is 11.8 Å². The standard InChI is InChI=1S/C18H20BrN3O2/c1-11(10-22-13(3)6-12(2)21-22)9-20-18(23)17-8-14-7-15(19)4-5-16(14)24-17/h4-8,11H,9-10H2,1-3H3,(H,20,23). The van der Waals surface area contributed by atoms with Gasteiger partial charge in [0.25, 0.3) is 5.91 Å². The van der Waals surface area contributed by atoms with Crippen LogP contribution in [0.1, 0.15) is 28.9 Å². The Bertz CT molecular complexity index is 882. The van der Waals surface area contributed by atoms with E-state index in [1.165, 1.54) is 0 Å². The average molecular weight is 390 g/mol. The van der Waals surface area contributed by atoms with Crippen LogP contribution >= 0.6 is 15.9 Å². The summed E-state index contributed by atoms with van der Waals surface area (Å²) in [5.41, 5.74) is 2.85. The number of benzene rings is 1. The molecular formula is C18H20BrN3O2. The maximum atomic E-state index is 12.3. The van der Waals surface area contributed by atoms with Crippen molar-refractivity contribution in [2.75, 3.05) is 6.54 Å². The van der Waals surface area contributed by atoms with Gasteiger partial charge in [-0.25, -0.2) is 0 Å². The number of hydrogen-bond donors (Lipinski definition) is 1. The lowest BCUT2D eigenvalue weighted by atomic mass is 10.2. The molecule has 1 amide bonds. The van der Waals surface area contributed by atoms with E-state index < -0.39 is 0 Å². The molecule has 0 aliphatic heterocycles. The van der Waals surface area contributed by atoms with E-state index in [0.717, 1.165) is 27.8 Å². The van der Waals surface area contributed by atoms with Gasteiger partial charge in [0, 0.05) is 28.6 Å². The van der Waals surface area contributed by atoms with Gasteiger partial charge in [-0.05, 0) is 50.1 Å². The number of rotatable bonds is 5. The SMILES string of the molecule is Cc1cc(C)n(CC(C)CNC(=O)c2cc3cc(Br)ccc3o2)n1. The molecule has 2 heterocycles. The lowest BCUT2D eigenvalue weighted by molar-refractivity contribution is 0.0921. The van der Waals surface area contributed by atoms with Crippen LogP contribution < -0.4 is 5.32 Å². The molecule has 0 saturated heterocycles. The Morgan fingerprint density at radius 2 is 2.12 bits per heavy atom. The van der Waals surface area contributed by atoms with Crippen LogP contribution in [0.15, 0.2) is 39.2 Å². The zero-order chi connectivity index (χ0) is 17.3. The van der Waals surface area contributed by atoms with Gasteiger partial charge in [-0.15, -0.1) is 0 Å². The minimum atomic E-state index is -0.192. The van der Waals surface area contributed by atoms with Gasteiger partial charge in [0.05, 0.1) is 5.69 Å². The lowest BCUT2D eigenvalue weighted by Crippen LogP contribution is -2.30. The highest BCUT2D eigenvalue weighted by Gasteiger charge is 2.14. The van der Waals surface area contributed by atoms with Gasteiger partial charge in [-0.2, -0.15) is 5.10 Å². The van der Waals surface area contributed by atoms with Crippen molar-refractivity contribution in [2.24, 2.45) is 5.92 Å². The quantitative estimate of drug-likeness (QED) is 0.714. The van der Waals surface area contributed by atoms with Crippen molar-refractivity contribution in [3.8, 4) is 0 Å². The van der Waals surface area contributed by atoms with Crippen LogP contribution in [0.4, 0.5) is 0 Å². The zero-order valence-electron chi connectivity index (χ0n) is 14.0. The molecule has 0 aliphatic carbocycles. The fourth-order valence-corrected chi connectivity index (χ4v) is 3.08. The number of halogens is 1. The first kappa shape index (κ1) is 16.8. The molecule has 0 spiro atoms. The van der Waals surface area contributed by atoms with E-state index in [1.54, 1.807) is 6.07 Å². The van der Waals surface area contributed by atoms with Crippen molar-refractivity contribution in [3.05, 3.63) is 52.0 Å². The zero-order valence-corrected chi connectivity index (χ0v) is 15.6. The number of aromatic nitrogens is 2. The van der Waals surface area contributed by atoms with E-state index in [0.29, 0.717) is 17.9 Å². The predicted octanol–water partition coefficient (Wildman–Crippen LogP) is 4.07. The minimum Gasteiger partial charge on any atom is -0.451 e. The van der Waals surface area contributed by atoms with Crippen molar-refractivity contribution in [1.29, 1.82) is 0 Å². The van der Waals surface area contributed by atoms with Crippen molar-refractivity contribution < 1.29 is 9.21 Å². The molecule has 2 aromatic heterocycles. The Hall–Kier alpha value is -2.08. The van der Waals surface area contributed by atoms with Gasteiger partial charge >= 0.3 is 0 Å². The summed E-state index contributed by atoms with van der Waals surface area (Å²) in [5.74, 6) is 0.412. The monoisotopic (exact) mass is 389 g/mol. The first-order chi connectivity index (χ1) is 11.4. The normalized spacial score (nSPS) is 12.5. The number of carbonyl (C=O) groups excluding carboxylic acids is 1. The average Bonchev–Trinajstić information content (AvgIpc) is 3.07. The summed E-state index contributed by atoms with van der Waals surface area (Å²) in [7, 11) is 0. The molecule has 126 valence electrons. The topological polar surface area (TPSA) is 60.1 Å². The van der Waals surface area contributed by atoms with Gasteiger partial charge in [-0.3, -0.25) is 9.48 Å². The van der Waals surface area contributed by atoms with E-state index >= 15 is 0 Å². The highest BCUT2D eigenvalue weighted by atomic mass is 79.9. The second kappa shape index (κ2) is 6.81. The molecule has 3 aromatic rings. The Balaban J connectivity index is 1.60. The van der Waals surface area contributed by atoms with Gasteiger partial charge in [0.1, 0.15) is 5.58 Å². The number of fused-ring (bicyclic) bond motifs is 1. The first-order valence-corrected chi connectivity index (χ1v) is 8.70. The Morgan fingerprint density at radius 1 is 1.33 bits per heavy atom. The van der Waals surface area contributed by atoms with Crippen molar-refractivity contribution in [2.45, 2.75) is 27.3 Å². The van der Waals surface area contributed by atoms with Crippen LogP contribution in [0.5, 0.6) is 0 Å². The van der Waals surface area contributed by atoms with E-state index in [9.17, 15) is 4.79 Å². The van der Waals surface area contributed by atoms with Crippen molar-refractivity contribution >= 4 is 32.8 Å². The molecule has 0 aliphatic rings. The van der Waals surface area contributed by atoms with E-state index in [1.807, 2.05) is 36.7 Å². The van der Waals surface area contributed by atoms with Gasteiger partial charge in [0.15, 0.2) is 5.76 Å². The van der Waals surface area contributed by atoms with Crippen LogP contribution in [-0.4, -0.2) is 22.2 Å². The molecule has 1 unspecified atom stereocenters. The number of hydrogen-bond acceptors (Lipinski definition) is 3. The van der Waals surface area contributed by atoms with Crippen LogP contribution in [-0.2, 0) is 6.54 Å². The van der Waals surface area contributed by atoms with Crippen molar-refractivity contribution in [3.63, 3.8) is 0 Å². The number of furan rings is 1. The minimum absolute atomic E-state index is 0.192. The van der Waals surface area contributed by atoms with Gasteiger partial charge < -0.3 is 9.73 Å². The first-order valence-electron chi connectivity index (χ1n) is 7.90. The maximum absolute atomic E-state index is 12.3.